The molecule has 0 amide bonds. The average Bonchev–Trinajstić information content (AvgIpc) is 2.59. The highest BCUT2D eigenvalue weighted by atomic mass is 32.2. The van der Waals surface area contributed by atoms with Crippen LogP contribution in [0.1, 0.15) is 0 Å². The van der Waals surface area contributed by atoms with Gasteiger partial charge in [0.15, 0.2) is 27.4 Å². The Bertz CT molecular complexity index is 1070. The van der Waals surface area contributed by atoms with E-state index in [1.54, 1.807) is 18.0 Å². The summed E-state index contributed by atoms with van der Waals surface area (Å²) < 4.78 is 59.0. The predicted octanol–water partition coefficient (Wildman–Crippen LogP) is 1.01. The third-order valence-corrected chi connectivity index (χ3v) is 6.15. The summed E-state index contributed by atoms with van der Waals surface area (Å²) in [6, 6.07) is 11.1. The summed E-state index contributed by atoms with van der Waals surface area (Å²) in [5.74, 6) is 1.28. The van der Waals surface area contributed by atoms with Crippen LogP contribution >= 0.6 is 0 Å². The van der Waals surface area contributed by atoms with Gasteiger partial charge in [0.05, 0.1) is 22.0 Å². The maximum Gasteiger partial charge on any atom is 0.238 e. The van der Waals surface area contributed by atoms with Gasteiger partial charge in [-0.15, -0.1) is 0 Å². The number of anilines is 1. The van der Waals surface area contributed by atoms with Gasteiger partial charge in [0, 0.05) is 13.3 Å². The molecule has 0 fully saturated rings. The van der Waals surface area contributed by atoms with Crippen molar-refractivity contribution in [1.82, 2.24) is 0 Å². The Balaban J connectivity index is 1.88. The van der Waals surface area contributed by atoms with Gasteiger partial charge in [0.1, 0.15) is 6.61 Å². The molecule has 10 heteroatoms. The highest BCUT2D eigenvalue weighted by Crippen LogP contribution is 2.32. The van der Waals surface area contributed by atoms with Crippen molar-refractivity contribution in [3.63, 3.8) is 0 Å². The molecule has 2 N–H and O–H groups in total. The molecule has 8 nitrogen and oxygen atoms in total. The molecule has 0 aliphatic carbocycles. The van der Waals surface area contributed by atoms with E-state index in [2.05, 4.69) is 0 Å². The van der Waals surface area contributed by atoms with Crippen molar-refractivity contribution in [3.8, 4) is 11.5 Å². The smallest absolute Gasteiger partial charge is 0.238 e. The van der Waals surface area contributed by atoms with Crippen molar-refractivity contribution in [2.45, 2.75) is 15.9 Å². The van der Waals surface area contributed by atoms with Crippen LogP contribution in [0.4, 0.5) is 5.69 Å². The molecule has 2 aromatic rings. The Morgan fingerprint density at radius 2 is 1.78 bits per heavy atom. The van der Waals surface area contributed by atoms with Crippen molar-refractivity contribution >= 4 is 25.5 Å². The molecule has 27 heavy (non-hydrogen) atoms. The number of nitrogens with zero attached hydrogens (tertiary/aromatic N) is 1. The third kappa shape index (κ3) is 4.34. The number of fused-ring (bicyclic) bond motifs is 1. The summed E-state index contributed by atoms with van der Waals surface area (Å²) in [5.41, 5.74) is 0.354. The summed E-state index contributed by atoms with van der Waals surface area (Å²) in [6.07, 6.45) is 0.693. The van der Waals surface area contributed by atoms with Crippen LogP contribution in [0.15, 0.2) is 52.3 Å². The van der Waals surface area contributed by atoms with Gasteiger partial charge in [0.2, 0.25) is 10.0 Å². The van der Waals surface area contributed by atoms with Gasteiger partial charge < -0.3 is 14.4 Å². The minimum absolute atomic E-state index is 0.117. The fourth-order valence-corrected chi connectivity index (χ4v) is 4.40. The van der Waals surface area contributed by atoms with E-state index < -0.39 is 19.9 Å². The van der Waals surface area contributed by atoms with Gasteiger partial charge in [-0.05, 0) is 30.3 Å². The van der Waals surface area contributed by atoms with Crippen molar-refractivity contribution in [3.05, 3.63) is 42.5 Å². The molecule has 0 saturated heterocycles. The lowest BCUT2D eigenvalue weighted by atomic mass is 10.2. The second-order valence-corrected chi connectivity index (χ2v) is 9.87. The van der Waals surface area contributed by atoms with Gasteiger partial charge in [-0.1, -0.05) is 12.1 Å². The largest absolute Gasteiger partial charge is 0.486 e. The highest BCUT2D eigenvalue weighted by Gasteiger charge is 2.25. The molecule has 0 bridgehead atoms. The van der Waals surface area contributed by atoms with E-state index >= 15 is 0 Å². The second-order valence-electron chi connectivity index (χ2n) is 6.32. The minimum Gasteiger partial charge on any atom is -0.486 e. The summed E-state index contributed by atoms with van der Waals surface area (Å²) in [6.45, 7) is 0.649. The number of sulfone groups is 1. The molecule has 1 atom stereocenters. The van der Waals surface area contributed by atoms with Crippen LogP contribution in [0, 0.1) is 0 Å². The predicted molar refractivity (Wildman–Crippen MR) is 101 cm³/mol. The molecule has 1 unspecified atom stereocenters. The molecule has 146 valence electrons. The Morgan fingerprint density at radius 1 is 1.11 bits per heavy atom. The Morgan fingerprint density at radius 3 is 2.41 bits per heavy atom. The van der Waals surface area contributed by atoms with Crippen molar-refractivity contribution in [2.75, 3.05) is 31.4 Å². The molecule has 0 saturated carbocycles. The lowest BCUT2D eigenvalue weighted by Crippen LogP contribution is -2.39. The zero-order valence-corrected chi connectivity index (χ0v) is 16.5. The molecule has 1 aliphatic heterocycles. The molecular weight excluding hydrogens is 392 g/mol. The lowest BCUT2D eigenvalue weighted by molar-refractivity contribution is 0.0960. The third-order valence-electron chi connectivity index (χ3n) is 4.12. The van der Waals surface area contributed by atoms with Crippen LogP contribution in [0.5, 0.6) is 11.5 Å². The van der Waals surface area contributed by atoms with Crippen LogP contribution in [-0.4, -0.2) is 49.4 Å². The standard InChI is InChI=1S/C17H20N2O6S2/c1-19(10-12-11-24-15-5-3-4-6-16(15)25-12)14-8-7-13(27(18,22)23)9-17(14)26(2,20)21/h3-9,12H,10-11H2,1-2H3,(H2,18,22,23). The number of rotatable bonds is 5. The van der Waals surface area contributed by atoms with E-state index in [0.717, 1.165) is 12.3 Å². The summed E-state index contributed by atoms with van der Waals surface area (Å²) in [4.78, 5) is 1.31. The molecule has 0 radical (unpaired) electrons. The van der Waals surface area contributed by atoms with E-state index in [1.807, 2.05) is 18.2 Å². The van der Waals surface area contributed by atoms with Gasteiger partial charge >= 0.3 is 0 Å². The Hall–Kier alpha value is -2.30. The van der Waals surface area contributed by atoms with Crippen LogP contribution in [0.25, 0.3) is 0 Å². The first-order valence-corrected chi connectivity index (χ1v) is 11.5. The van der Waals surface area contributed by atoms with Crippen molar-refractivity contribution in [2.24, 2.45) is 5.14 Å². The van der Waals surface area contributed by atoms with E-state index in [9.17, 15) is 16.8 Å². The van der Waals surface area contributed by atoms with Gasteiger partial charge in [-0.3, -0.25) is 0 Å². The van der Waals surface area contributed by atoms with Gasteiger partial charge in [0.25, 0.3) is 0 Å². The summed E-state index contributed by atoms with van der Waals surface area (Å²) >= 11 is 0. The topological polar surface area (TPSA) is 116 Å². The fourth-order valence-electron chi connectivity index (χ4n) is 2.84. The number of sulfonamides is 1. The molecule has 0 aromatic heterocycles. The van der Waals surface area contributed by atoms with Crippen LogP contribution in [0.2, 0.25) is 0 Å². The number of benzene rings is 2. The number of hydrogen-bond donors (Lipinski definition) is 1. The van der Waals surface area contributed by atoms with E-state index in [1.165, 1.54) is 12.1 Å². The first kappa shape index (κ1) is 19.5. The summed E-state index contributed by atoms with van der Waals surface area (Å²) in [5, 5.41) is 5.12. The van der Waals surface area contributed by atoms with Crippen LogP contribution < -0.4 is 19.5 Å². The maximum absolute atomic E-state index is 12.2. The second kappa shape index (κ2) is 7.02. The first-order chi connectivity index (χ1) is 12.6. The van der Waals surface area contributed by atoms with E-state index in [-0.39, 0.29) is 15.9 Å². The molecule has 3 rings (SSSR count). The number of primary sulfonamides is 1. The monoisotopic (exact) mass is 412 g/mol. The zero-order chi connectivity index (χ0) is 19.8. The highest BCUT2D eigenvalue weighted by molar-refractivity contribution is 7.91. The molecule has 0 spiro atoms. The number of hydrogen-bond acceptors (Lipinski definition) is 7. The van der Waals surface area contributed by atoms with Gasteiger partial charge in [-0.2, -0.15) is 0 Å². The van der Waals surface area contributed by atoms with Crippen molar-refractivity contribution in [1.29, 1.82) is 0 Å². The van der Waals surface area contributed by atoms with Crippen LogP contribution in [0.3, 0.4) is 0 Å². The SMILES string of the molecule is CN(CC1COc2ccccc2O1)c1ccc(S(N)(=O)=O)cc1S(C)(=O)=O. The molecule has 1 heterocycles. The zero-order valence-electron chi connectivity index (χ0n) is 14.8. The Labute approximate surface area is 158 Å². The number of likely N-dealkylation sites (N-methyl/N-ethyl adjacent to an activating group) is 1. The summed E-state index contributed by atoms with van der Waals surface area (Å²) in [7, 11) is -6.00. The fraction of sp³-hybridized carbons (Fsp3) is 0.294. The van der Waals surface area contributed by atoms with Crippen LogP contribution in [-0.2, 0) is 19.9 Å². The minimum atomic E-state index is -4.02. The van der Waals surface area contributed by atoms with Crippen molar-refractivity contribution < 1.29 is 26.3 Å². The van der Waals surface area contributed by atoms with E-state index in [4.69, 9.17) is 14.6 Å². The molecule has 2 aromatic carbocycles. The molecule has 1 aliphatic rings. The normalized spacial score (nSPS) is 16.8. The average molecular weight is 412 g/mol. The molecular formula is C17H20N2O6S2. The lowest BCUT2D eigenvalue weighted by Gasteiger charge is -2.31. The first-order valence-electron chi connectivity index (χ1n) is 8.02. The number of nitrogens with two attached hydrogens (primary N) is 1. The van der Waals surface area contributed by atoms with Gasteiger partial charge in [-0.25, -0.2) is 22.0 Å². The maximum atomic E-state index is 12.2. The number of para-hydroxylation sites is 2. The Kier molecular flexibility index (Phi) is 5.06. The number of ether oxygens (including phenoxy) is 2. The van der Waals surface area contributed by atoms with E-state index in [0.29, 0.717) is 30.3 Å². The quantitative estimate of drug-likeness (QED) is 0.779.